The van der Waals surface area contributed by atoms with Gasteiger partial charge in [0, 0.05) is 0 Å². The summed E-state index contributed by atoms with van der Waals surface area (Å²) in [5.74, 6) is 0. The van der Waals surface area contributed by atoms with Crippen LogP contribution in [0.4, 0.5) is 0 Å². The standard InChI is InChI=1S/C5H9NO/c1-5(4-7)2-3-6-5/h4,6H,2-3H2,1H3/t5-/m1/s1. The molecule has 0 aliphatic carbocycles. The van der Waals surface area contributed by atoms with E-state index in [1.165, 1.54) is 0 Å². The van der Waals surface area contributed by atoms with Gasteiger partial charge >= 0.3 is 0 Å². The molecule has 7 heavy (non-hydrogen) atoms. The summed E-state index contributed by atoms with van der Waals surface area (Å²) >= 11 is 0. The van der Waals surface area contributed by atoms with Crippen molar-refractivity contribution >= 4 is 6.29 Å². The first-order valence-electron chi connectivity index (χ1n) is 2.48. The van der Waals surface area contributed by atoms with Gasteiger partial charge in [-0.05, 0) is 19.9 Å². The minimum atomic E-state index is -0.167. The summed E-state index contributed by atoms with van der Waals surface area (Å²) < 4.78 is 0. The third-order valence-corrected chi connectivity index (χ3v) is 1.43. The summed E-state index contributed by atoms with van der Waals surface area (Å²) in [4.78, 5) is 10.0. The van der Waals surface area contributed by atoms with Crippen LogP contribution in [0.3, 0.4) is 0 Å². The fourth-order valence-corrected chi connectivity index (χ4v) is 0.620. The molecule has 1 aliphatic rings. The smallest absolute Gasteiger partial charge is 0.139 e. The second-order valence-electron chi connectivity index (χ2n) is 2.21. The lowest BCUT2D eigenvalue weighted by molar-refractivity contribution is -0.115. The maximum absolute atomic E-state index is 10.0. The van der Waals surface area contributed by atoms with Gasteiger partial charge < -0.3 is 10.1 Å². The van der Waals surface area contributed by atoms with E-state index in [4.69, 9.17) is 0 Å². The van der Waals surface area contributed by atoms with Crippen LogP contribution in [0.2, 0.25) is 0 Å². The number of nitrogens with one attached hydrogen (secondary N) is 1. The van der Waals surface area contributed by atoms with E-state index < -0.39 is 0 Å². The monoisotopic (exact) mass is 99.1 g/mol. The lowest BCUT2D eigenvalue weighted by Crippen LogP contribution is -2.55. The fourth-order valence-electron chi connectivity index (χ4n) is 0.620. The maximum Gasteiger partial charge on any atom is 0.139 e. The molecular weight excluding hydrogens is 90.1 g/mol. The molecule has 1 saturated heterocycles. The Morgan fingerprint density at radius 2 is 2.43 bits per heavy atom. The Bertz CT molecular complexity index is 86.1. The molecule has 0 aromatic rings. The normalized spacial score (nSPS) is 39.6. The van der Waals surface area contributed by atoms with Crippen LogP contribution in [0, 0.1) is 0 Å². The molecule has 0 amide bonds. The van der Waals surface area contributed by atoms with E-state index in [-0.39, 0.29) is 5.54 Å². The van der Waals surface area contributed by atoms with Crippen molar-refractivity contribution < 1.29 is 4.79 Å². The molecule has 0 radical (unpaired) electrons. The highest BCUT2D eigenvalue weighted by Gasteiger charge is 2.29. The van der Waals surface area contributed by atoms with Crippen molar-refractivity contribution in [1.29, 1.82) is 0 Å². The van der Waals surface area contributed by atoms with Crippen LogP contribution in [-0.2, 0) is 4.79 Å². The van der Waals surface area contributed by atoms with Gasteiger partial charge in [-0.1, -0.05) is 0 Å². The Balaban J connectivity index is 2.43. The topological polar surface area (TPSA) is 29.1 Å². The zero-order valence-electron chi connectivity index (χ0n) is 4.40. The van der Waals surface area contributed by atoms with Gasteiger partial charge in [0.05, 0.1) is 5.54 Å². The molecule has 0 aromatic carbocycles. The Morgan fingerprint density at radius 3 is 2.43 bits per heavy atom. The molecule has 1 atom stereocenters. The molecular formula is C5H9NO. The summed E-state index contributed by atoms with van der Waals surface area (Å²) in [5.41, 5.74) is -0.167. The van der Waals surface area contributed by atoms with Crippen molar-refractivity contribution in [3.8, 4) is 0 Å². The van der Waals surface area contributed by atoms with Gasteiger partial charge in [-0.3, -0.25) is 0 Å². The van der Waals surface area contributed by atoms with Crippen molar-refractivity contribution in [2.45, 2.75) is 18.9 Å². The van der Waals surface area contributed by atoms with E-state index in [1.807, 2.05) is 6.92 Å². The first-order chi connectivity index (χ1) is 3.27. The number of carbonyl (C=O) groups excluding carboxylic acids is 1. The summed E-state index contributed by atoms with van der Waals surface area (Å²) in [6, 6.07) is 0. The van der Waals surface area contributed by atoms with Gasteiger partial charge in [-0.15, -0.1) is 0 Å². The summed E-state index contributed by atoms with van der Waals surface area (Å²) in [6.07, 6.45) is 1.97. The predicted molar refractivity (Wildman–Crippen MR) is 27.1 cm³/mol. The van der Waals surface area contributed by atoms with Crippen LogP contribution in [0.25, 0.3) is 0 Å². The summed E-state index contributed by atoms with van der Waals surface area (Å²) in [5, 5.41) is 3.00. The Labute approximate surface area is 42.9 Å². The first-order valence-corrected chi connectivity index (χ1v) is 2.48. The molecule has 1 heterocycles. The third kappa shape index (κ3) is 0.657. The number of hydrogen-bond acceptors (Lipinski definition) is 2. The van der Waals surface area contributed by atoms with Gasteiger partial charge in [0.1, 0.15) is 6.29 Å². The van der Waals surface area contributed by atoms with Crippen LogP contribution in [0.5, 0.6) is 0 Å². The summed E-state index contributed by atoms with van der Waals surface area (Å²) in [6.45, 7) is 2.90. The van der Waals surface area contributed by atoms with E-state index >= 15 is 0 Å². The van der Waals surface area contributed by atoms with E-state index in [0.717, 1.165) is 19.3 Å². The average Bonchev–Trinajstić information content (AvgIpc) is 1.61. The molecule has 1 N–H and O–H groups in total. The number of hydrogen-bond donors (Lipinski definition) is 1. The predicted octanol–water partition coefficient (Wildman–Crippen LogP) is -0.0627. The minimum Gasteiger partial charge on any atom is -0.305 e. The molecule has 1 fully saturated rings. The van der Waals surface area contributed by atoms with E-state index in [9.17, 15) is 4.79 Å². The van der Waals surface area contributed by atoms with Gasteiger partial charge in [0.25, 0.3) is 0 Å². The lowest BCUT2D eigenvalue weighted by atomic mass is 9.93. The number of aldehydes is 1. The van der Waals surface area contributed by atoms with Gasteiger partial charge in [0.15, 0.2) is 0 Å². The number of rotatable bonds is 1. The van der Waals surface area contributed by atoms with Crippen LogP contribution in [0.15, 0.2) is 0 Å². The van der Waals surface area contributed by atoms with E-state index in [2.05, 4.69) is 5.32 Å². The molecule has 40 valence electrons. The SMILES string of the molecule is C[C@]1(C=O)CCN1. The average molecular weight is 99.1 g/mol. The summed E-state index contributed by atoms with van der Waals surface area (Å²) in [7, 11) is 0. The van der Waals surface area contributed by atoms with Gasteiger partial charge in [-0.2, -0.15) is 0 Å². The van der Waals surface area contributed by atoms with Crippen LogP contribution in [-0.4, -0.2) is 18.4 Å². The minimum absolute atomic E-state index is 0.167. The third-order valence-electron chi connectivity index (χ3n) is 1.43. The second-order valence-corrected chi connectivity index (χ2v) is 2.21. The molecule has 0 aromatic heterocycles. The molecule has 1 aliphatic heterocycles. The molecule has 0 spiro atoms. The molecule has 0 saturated carbocycles. The van der Waals surface area contributed by atoms with Crippen LogP contribution < -0.4 is 5.32 Å². The van der Waals surface area contributed by atoms with Crippen molar-refractivity contribution in [1.82, 2.24) is 5.32 Å². The van der Waals surface area contributed by atoms with E-state index in [1.54, 1.807) is 0 Å². The maximum atomic E-state index is 10.0. The van der Waals surface area contributed by atoms with Crippen LogP contribution in [0.1, 0.15) is 13.3 Å². The van der Waals surface area contributed by atoms with Crippen molar-refractivity contribution in [2.24, 2.45) is 0 Å². The zero-order valence-corrected chi connectivity index (χ0v) is 4.40. The Kier molecular flexibility index (Phi) is 0.889. The molecule has 2 nitrogen and oxygen atoms in total. The van der Waals surface area contributed by atoms with Crippen molar-refractivity contribution in [2.75, 3.05) is 6.54 Å². The molecule has 2 heteroatoms. The first kappa shape index (κ1) is 4.78. The van der Waals surface area contributed by atoms with Crippen molar-refractivity contribution in [3.05, 3.63) is 0 Å². The van der Waals surface area contributed by atoms with Gasteiger partial charge in [-0.25, -0.2) is 0 Å². The zero-order chi connectivity index (χ0) is 5.33. The largest absolute Gasteiger partial charge is 0.305 e. The highest BCUT2D eigenvalue weighted by Crippen LogP contribution is 2.12. The molecule has 0 unspecified atom stereocenters. The van der Waals surface area contributed by atoms with Crippen LogP contribution >= 0.6 is 0 Å². The number of carbonyl (C=O) groups is 1. The van der Waals surface area contributed by atoms with E-state index in [0.29, 0.717) is 0 Å². The fraction of sp³-hybridized carbons (Fsp3) is 0.800. The van der Waals surface area contributed by atoms with Gasteiger partial charge in [0.2, 0.25) is 0 Å². The molecule has 1 rings (SSSR count). The molecule has 0 bridgehead atoms. The van der Waals surface area contributed by atoms with Crippen molar-refractivity contribution in [3.63, 3.8) is 0 Å². The highest BCUT2D eigenvalue weighted by molar-refractivity contribution is 5.64. The Hall–Kier alpha value is -0.370. The second kappa shape index (κ2) is 1.30. The quantitative estimate of drug-likeness (QED) is 0.466. The highest BCUT2D eigenvalue weighted by atomic mass is 16.1. The Morgan fingerprint density at radius 1 is 1.86 bits per heavy atom. The lowest BCUT2D eigenvalue weighted by Gasteiger charge is -2.34.